The Kier molecular flexibility index (Phi) is 4.92. The third kappa shape index (κ3) is 3.75. The minimum absolute atomic E-state index is 0.0468. The number of carbonyl (C=O) groups is 1. The maximum Gasteiger partial charge on any atom is 0.274 e. The van der Waals surface area contributed by atoms with E-state index in [0.29, 0.717) is 67.4 Å². The van der Waals surface area contributed by atoms with Crippen molar-refractivity contribution in [1.82, 2.24) is 34.0 Å². The summed E-state index contributed by atoms with van der Waals surface area (Å²) in [5.41, 5.74) is -0.239. The number of aliphatic hydroxyl groups is 1. The summed E-state index contributed by atoms with van der Waals surface area (Å²) in [5.74, 6) is 0.0158. The molecule has 1 amide bonds. The van der Waals surface area contributed by atoms with Gasteiger partial charge in [-0.2, -0.15) is 10.2 Å². The van der Waals surface area contributed by atoms with Crippen LogP contribution in [0.3, 0.4) is 0 Å². The van der Waals surface area contributed by atoms with Gasteiger partial charge in [0, 0.05) is 19.2 Å². The number of hydrogen-bond acceptors (Lipinski definition) is 7. The monoisotopic (exact) mass is 479 g/mol. The molecule has 1 aromatic carbocycles. The number of ether oxygens (including phenoxy) is 1. The summed E-state index contributed by atoms with van der Waals surface area (Å²) >= 11 is 0. The molecule has 2 aliphatic heterocycles. The van der Waals surface area contributed by atoms with Crippen molar-refractivity contribution in [2.75, 3.05) is 19.7 Å². The highest BCUT2D eigenvalue weighted by Gasteiger charge is 2.36. The van der Waals surface area contributed by atoms with Gasteiger partial charge in [0.25, 0.3) is 11.5 Å². The van der Waals surface area contributed by atoms with Crippen molar-refractivity contribution < 1.29 is 19.0 Å². The van der Waals surface area contributed by atoms with E-state index in [2.05, 4.69) is 15.2 Å². The van der Waals surface area contributed by atoms with Crippen LogP contribution in [0.4, 0.5) is 4.39 Å². The highest BCUT2D eigenvalue weighted by Crippen LogP contribution is 2.26. The van der Waals surface area contributed by atoms with Crippen molar-refractivity contribution in [1.29, 1.82) is 0 Å². The molecule has 0 unspecified atom stereocenters. The number of aromatic nitrogens is 6. The molecule has 5 heterocycles. The van der Waals surface area contributed by atoms with Crippen molar-refractivity contribution in [2.45, 2.75) is 31.5 Å². The first-order valence-electron chi connectivity index (χ1n) is 11.3. The van der Waals surface area contributed by atoms with E-state index in [-0.39, 0.29) is 23.8 Å². The van der Waals surface area contributed by atoms with Crippen molar-refractivity contribution in [2.24, 2.45) is 0 Å². The molecule has 35 heavy (non-hydrogen) atoms. The van der Waals surface area contributed by atoms with Gasteiger partial charge in [0.1, 0.15) is 24.1 Å². The summed E-state index contributed by atoms with van der Waals surface area (Å²) in [4.78, 5) is 31.9. The molecule has 6 rings (SSSR count). The third-order valence-electron chi connectivity index (χ3n) is 6.59. The molecule has 1 fully saturated rings. The third-order valence-corrected chi connectivity index (χ3v) is 6.59. The van der Waals surface area contributed by atoms with E-state index in [1.54, 1.807) is 27.8 Å². The predicted molar refractivity (Wildman–Crippen MR) is 121 cm³/mol. The van der Waals surface area contributed by atoms with E-state index in [1.807, 2.05) is 0 Å². The molecule has 1 saturated heterocycles. The molecule has 0 spiro atoms. The molecule has 0 bridgehead atoms. The van der Waals surface area contributed by atoms with Gasteiger partial charge in [-0.15, -0.1) is 0 Å². The number of nitrogens with zero attached hydrogens (tertiary/aromatic N) is 7. The number of hydrogen-bond donors (Lipinski definition) is 1. The fourth-order valence-electron chi connectivity index (χ4n) is 4.61. The van der Waals surface area contributed by atoms with E-state index in [9.17, 15) is 19.1 Å². The molecule has 0 radical (unpaired) electrons. The van der Waals surface area contributed by atoms with Crippen molar-refractivity contribution in [3.05, 3.63) is 64.7 Å². The molecule has 2 aliphatic rings. The van der Waals surface area contributed by atoms with Gasteiger partial charge in [-0.3, -0.25) is 14.2 Å². The normalized spacial score (nSPS) is 16.9. The lowest BCUT2D eigenvalue weighted by Crippen LogP contribution is -2.49. The minimum Gasteiger partial charge on any atom is -0.476 e. The van der Waals surface area contributed by atoms with E-state index >= 15 is 0 Å². The molecular formula is C23H22FN7O4. The summed E-state index contributed by atoms with van der Waals surface area (Å²) in [7, 11) is 0. The Morgan fingerprint density at radius 3 is 2.69 bits per heavy atom. The highest BCUT2D eigenvalue weighted by molar-refractivity contribution is 5.92. The fraction of sp³-hybridized carbons (Fsp3) is 0.348. The molecule has 1 N–H and O–H groups in total. The molecule has 3 aromatic heterocycles. The molecule has 4 aromatic rings. The average Bonchev–Trinajstić information content (AvgIpc) is 3.57. The fourth-order valence-corrected chi connectivity index (χ4v) is 4.61. The zero-order chi connectivity index (χ0) is 24.2. The summed E-state index contributed by atoms with van der Waals surface area (Å²) in [6, 6.07) is 7.37. The van der Waals surface area contributed by atoms with E-state index < -0.39 is 5.60 Å². The van der Waals surface area contributed by atoms with Crippen LogP contribution in [0, 0.1) is 5.82 Å². The quantitative estimate of drug-likeness (QED) is 0.463. The Morgan fingerprint density at radius 1 is 1.17 bits per heavy atom. The van der Waals surface area contributed by atoms with Gasteiger partial charge < -0.3 is 14.7 Å². The molecule has 0 atom stereocenters. The number of benzene rings is 1. The summed E-state index contributed by atoms with van der Waals surface area (Å²) in [6.07, 6.45) is 3.42. The van der Waals surface area contributed by atoms with E-state index in [4.69, 9.17) is 4.74 Å². The summed E-state index contributed by atoms with van der Waals surface area (Å²) in [6.45, 7) is 1.90. The molecular weight excluding hydrogens is 457 g/mol. The molecule has 0 aliphatic carbocycles. The lowest BCUT2D eigenvalue weighted by molar-refractivity contribution is -0.0300. The number of carbonyl (C=O) groups excluding carboxylic acids is 1. The van der Waals surface area contributed by atoms with Crippen LogP contribution >= 0.6 is 0 Å². The second-order valence-corrected chi connectivity index (χ2v) is 8.90. The Bertz CT molecular complexity index is 1460. The molecule has 180 valence electrons. The topological polar surface area (TPSA) is 120 Å². The van der Waals surface area contributed by atoms with Gasteiger partial charge in [-0.05, 0) is 37.1 Å². The van der Waals surface area contributed by atoms with Gasteiger partial charge in [-0.25, -0.2) is 18.7 Å². The largest absolute Gasteiger partial charge is 0.476 e. The van der Waals surface area contributed by atoms with Crippen LogP contribution in [-0.4, -0.2) is 70.3 Å². The Hall–Kier alpha value is -4.06. The number of fused-ring (bicyclic) bond motifs is 2. The van der Waals surface area contributed by atoms with Crippen LogP contribution in [0.5, 0.6) is 5.88 Å². The smallest absolute Gasteiger partial charge is 0.274 e. The zero-order valence-corrected chi connectivity index (χ0v) is 18.7. The van der Waals surface area contributed by atoms with Crippen LogP contribution in [0.1, 0.15) is 23.3 Å². The average molecular weight is 479 g/mol. The number of likely N-dealkylation sites (tertiary alicyclic amines) is 1. The van der Waals surface area contributed by atoms with Crippen LogP contribution in [0.25, 0.3) is 16.7 Å². The van der Waals surface area contributed by atoms with Crippen molar-refractivity contribution >= 4 is 16.9 Å². The van der Waals surface area contributed by atoms with Crippen molar-refractivity contribution in [3.63, 3.8) is 0 Å². The van der Waals surface area contributed by atoms with Gasteiger partial charge in [0.05, 0.1) is 30.6 Å². The molecule has 11 nitrogen and oxygen atoms in total. The van der Waals surface area contributed by atoms with Gasteiger partial charge in [-0.1, -0.05) is 0 Å². The zero-order valence-electron chi connectivity index (χ0n) is 18.7. The number of rotatable bonds is 4. The van der Waals surface area contributed by atoms with Gasteiger partial charge >= 0.3 is 0 Å². The lowest BCUT2D eigenvalue weighted by Gasteiger charge is -2.38. The van der Waals surface area contributed by atoms with E-state index in [1.165, 1.54) is 33.9 Å². The Morgan fingerprint density at radius 2 is 1.94 bits per heavy atom. The maximum absolute atomic E-state index is 13.3. The SMILES string of the molecule is O=C(c1cc2n(n1)CCO2)N1CCC(O)(Cn2cnc3c(cnn3-c3ccc(F)cc3)c2=O)CC1. The number of piperidine rings is 1. The van der Waals surface area contributed by atoms with Gasteiger partial charge in [0.15, 0.2) is 11.3 Å². The lowest BCUT2D eigenvalue weighted by atomic mass is 9.91. The first-order valence-corrected chi connectivity index (χ1v) is 11.3. The standard InChI is InChI=1S/C23H22FN7O4/c24-15-1-3-16(4-2-15)31-20-17(12-26-31)21(32)29(14-25-20)13-23(34)5-7-28(8-6-23)22(33)18-11-19-30(27-18)9-10-35-19/h1-4,11-12,14,34H,5-10,13H2. The predicted octanol–water partition coefficient (Wildman–Crippen LogP) is 0.977. The second kappa shape index (κ2) is 8.01. The van der Waals surface area contributed by atoms with Gasteiger partial charge in [0.2, 0.25) is 5.88 Å². The first kappa shape index (κ1) is 21.5. The van der Waals surface area contributed by atoms with Crippen LogP contribution in [-0.2, 0) is 13.1 Å². The minimum atomic E-state index is -1.16. The molecule has 0 saturated carbocycles. The number of halogens is 1. The van der Waals surface area contributed by atoms with Crippen LogP contribution < -0.4 is 10.3 Å². The number of amides is 1. The van der Waals surface area contributed by atoms with Crippen LogP contribution in [0.2, 0.25) is 0 Å². The van der Waals surface area contributed by atoms with E-state index in [0.717, 1.165) is 0 Å². The Labute approximate surface area is 198 Å². The van der Waals surface area contributed by atoms with Crippen LogP contribution in [0.15, 0.2) is 47.7 Å². The second-order valence-electron chi connectivity index (χ2n) is 8.90. The Balaban J connectivity index is 1.17. The van der Waals surface area contributed by atoms with Crippen molar-refractivity contribution in [3.8, 4) is 11.6 Å². The maximum atomic E-state index is 13.3. The first-order chi connectivity index (χ1) is 16.9. The molecule has 12 heteroatoms. The highest BCUT2D eigenvalue weighted by atomic mass is 19.1. The summed E-state index contributed by atoms with van der Waals surface area (Å²) < 4.78 is 23.2. The summed E-state index contributed by atoms with van der Waals surface area (Å²) in [5, 5.41) is 20.0.